The second-order valence-corrected chi connectivity index (χ2v) is 5.45. The van der Waals surface area contributed by atoms with E-state index in [1.807, 2.05) is 24.5 Å². The van der Waals surface area contributed by atoms with Gasteiger partial charge >= 0.3 is 0 Å². The van der Waals surface area contributed by atoms with Crippen LogP contribution in [0.2, 0.25) is 5.02 Å². The summed E-state index contributed by atoms with van der Waals surface area (Å²) in [5.74, 6) is 0.846. The van der Waals surface area contributed by atoms with Crippen molar-refractivity contribution in [3.63, 3.8) is 0 Å². The minimum atomic E-state index is 0.163. The number of rotatable bonds is 4. The van der Waals surface area contributed by atoms with E-state index >= 15 is 0 Å². The van der Waals surface area contributed by atoms with Crippen molar-refractivity contribution in [3.8, 4) is 5.75 Å². The number of pyridine rings is 1. The zero-order chi connectivity index (χ0) is 14.7. The Labute approximate surface area is 126 Å². The van der Waals surface area contributed by atoms with E-state index in [1.54, 1.807) is 17.8 Å². The van der Waals surface area contributed by atoms with Crippen LogP contribution in [0.4, 0.5) is 17.3 Å². The summed E-state index contributed by atoms with van der Waals surface area (Å²) >= 11 is 7.66. The monoisotopic (exact) mass is 310 g/mol. The molecule has 0 saturated heterocycles. The number of ether oxygens (including phenoxy) is 1. The van der Waals surface area contributed by atoms with Gasteiger partial charge in [0.1, 0.15) is 23.9 Å². The predicted molar refractivity (Wildman–Crippen MR) is 85.0 cm³/mol. The lowest BCUT2D eigenvalue weighted by molar-refractivity contribution is 0.308. The number of thioether (sulfide) groups is 1. The standard InChI is InChI=1S/C13H15ClN4OS/c1-20-9-3-7(2-8(14)4-9)6-19-10-5-11(15)18-13(17)12(10)16/h2-5H,6,16H2,1H3,(H4,15,17,18). The fraction of sp³-hybridized carbons (Fsp3) is 0.154. The molecule has 0 radical (unpaired) electrons. The van der Waals surface area contributed by atoms with Gasteiger partial charge in [-0.05, 0) is 30.0 Å². The van der Waals surface area contributed by atoms with Gasteiger partial charge in [0.15, 0.2) is 5.82 Å². The quantitative estimate of drug-likeness (QED) is 0.751. The van der Waals surface area contributed by atoms with Crippen molar-refractivity contribution in [3.05, 3.63) is 34.9 Å². The molecule has 2 aromatic rings. The fourth-order valence-corrected chi connectivity index (χ4v) is 2.51. The van der Waals surface area contributed by atoms with E-state index in [1.165, 1.54) is 0 Å². The van der Waals surface area contributed by atoms with Crippen molar-refractivity contribution in [2.75, 3.05) is 23.5 Å². The number of aromatic nitrogens is 1. The van der Waals surface area contributed by atoms with E-state index in [0.29, 0.717) is 17.4 Å². The normalized spacial score (nSPS) is 10.5. The van der Waals surface area contributed by atoms with Crippen LogP contribution >= 0.6 is 23.4 Å². The highest BCUT2D eigenvalue weighted by atomic mass is 35.5. The van der Waals surface area contributed by atoms with Gasteiger partial charge in [-0.25, -0.2) is 4.98 Å². The van der Waals surface area contributed by atoms with Crippen molar-refractivity contribution < 1.29 is 4.74 Å². The molecule has 1 heterocycles. The first kappa shape index (κ1) is 14.6. The number of hydrogen-bond acceptors (Lipinski definition) is 6. The number of nitrogens with zero attached hydrogens (tertiary/aromatic N) is 1. The largest absolute Gasteiger partial charge is 0.486 e. The maximum atomic E-state index is 6.05. The van der Waals surface area contributed by atoms with Crippen LogP contribution in [0.3, 0.4) is 0 Å². The molecule has 0 aliphatic rings. The van der Waals surface area contributed by atoms with Crippen LogP contribution in [0, 0.1) is 0 Å². The molecule has 0 amide bonds. The molecule has 0 unspecified atom stereocenters. The SMILES string of the molecule is CSc1cc(Cl)cc(COc2cc(N)nc(N)c2N)c1. The molecule has 0 spiro atoms. The zero-order valence-corrected chi connectivity index (χ0v) is 12.5. The zero-order valence-electron chi connectivity index (χ0n) is 10.9. The molecule has 6 N–H and O–H groups in total. The van der Waals surface area contributed by atoms with E-state index in [9.17, 15) is 0 Å². The fourth-order valence-electron chi connectivity index (χ4n) is 1.67. The maximum absolute atomic E-state index is 6.05. The van der Waals surface area contributed by atoms with E-state index in [0.717, 1.165) is 10.5 Å². The summed E-state index contributed by atoms with van der Waals surface area (Å²) in [5, 5.41) is 0.664. The van der Waals surface area contributed by atoms with E-state index < -0.39 is 0 Å². The summed E-state index contributed by atoms with van der Waals surface area (Å²) in [4.78, 5) is 4.92. The van der Waals surface area contributed by atoms with Crippen LogP contribution in [0.25, 0.3) is 0 Å². The molecular weight excluding hydrogens is 296 g/mol. The Bertz CT molecular complexity index is 636. The summed E-state index contributed by atoms with van der Waals surface area (Å²) in [6.45, 7) is 0.321. The molecular formula is C13H15ClN4OS. The van der Waals surface area contributed by atoms with Gasteiger partial charge in [-0.2, -0.15) is 0 Å². The van der Waals surface area contributed by atoms with Gasteiger partial charge in [-0.3, -0.25) is 0 Å². The van der Waals surface area contributed by atoms with Gasteiger partial charge in [0, 0.05) is 16.0 Å². The van der Waals surface area contributed by atoms with Crippen LogP contribution in [0.15, 0.2) is 29.2 Å². The van der Waals surface area contributed by atoms with Gasteiger partial charge in [0.2, 0.25) is 0 Å². The van der Waals surface area contributed by atoms with Crippen molar-refractivity contribution in [2.45, 2.75) is 11.5 Å². The molecule has 2 rings (SSSR count). The second-order valence-electron chi connectivity index (χ2n) is 4.13. The predicted octanol–water partition coefficient (Wildman–Crippen LogP) is 2.78. The van der Waals surface area contributed by atoms with Crippen LogP contribution in [-0.4, -0.2) is 11.2 Å². The van der Waals surface area contributed by atoms with Crippen LogP contribution < -0.4 is 21.9 Å². The third kappa shape index (κ3) is 3.40. The smallest absolute Gasteiger partial charge is 0.152 e. The van der Waals surface area contributed by atoms with Gasteiger partial charge < -0.3 is 21.9 Å². The third-order valence-electron chi connectivity index (χ3n) is 2.63. The minimum Gasteiger partial charge on any atom is -0.486 e. The first-order valence-electron chi connectivity index (χ1n) is 5.77. The Hall–Kier alpha value is -1.79. The molecule has 0 saturated carbocycles. The maximum Gasteiger partial charge on any atom is 0.152 e. The van der Waals surface area contributed by atoms with Crippen molar-refractivity contribution in [1.29, 1.82) is 0 Å². The lowest BCUT2D eigenvalue weighted by Crippen LogP contribution is -2.05. The first-order chi connectivity index (χ1) is 9.49. The van der Waals surface area contributed by atoms with Gasteiger partial charge in [-0.15, -0.1) is 11.8 Å². The Kier molecular flexibility index (Phi) is 4.46. The number of hydrogen-bond donors (Lipinski definition) is 3. The number of halogens is 1. The Morgan fingerprint density at radius 3 is 2.65 bits per heavy atom. The highest BCUT2D eigenvalue weighted by molar-refractivity contribution is 7.98. The van der Waals surface area contributed by atoms with Gasteiger partial charge in [0.05, 0.1) is 0 Å². The number of nitrogen functional groups attached to an aromatic ring is 3. The molecule has 0 fully saturated rings. The molecule has 5 nitrogen and oxygen atoms in total. The average molecular weight is 311 g/mol. The number of anilines is 3. The third-order valence-corrected chi connectivity index (χ3v) is 3.56. The highest BCUT2D eigenvalue weighted by Crippen LogP contribution is 2.29. The summed E-state index contributed by atoms with van der Waals surface area (Å²) in [6.07, 6.45) is 1.98. The van der Waals surface area contributed by atoms with Crippen LogP contribution in [0.5, 0.6) is 5.75 Å². The summed E-state index contributed by atoms with van der Waals surface area (Å²) in [7, 11) is 0. The Morgan fingerprint density at radius 2 is 1.95 bits per heavy atom. The molecule has 0 atom stereocenters. The molecule has 1 aromatic heterocycles. The Morgan fingerprint density at radius 1 is 1.20 bits per heavy atom. The molecule has 0 bridgehead atoms. The molecule has 20 heavy (non-hydrogen) atoms. The van der Waals surface area contributed by atoms with Crippen LogP contribution in [-0.2, 0) is 6.61 Å². The molecule has 0 aliphatic carbocycles. The van der Waals surface area contributed by atoms with E-state index in [4.69, 9.17) is 33.5 Å². The number of nitrogens with two attached hydrogens (primary N) is 3. The molecule has 7 heteroatoms. The molecule has 106 valence electrons. The lowest BCUT2D eigenvalue weighted by atomic mass is 10.2. The second kappa shape index (κ2) is 6.11. The van der Waals surface area contributed by atoms with Gasteiger partial charge in [0.25, 0.3) is 0 Å². The topological polar surface area (TPSA) is 100 Å². The van der Waals surface area contributed by atoms with Crippen molar-refractivity contribution >= 4 is 40.7 Å². The Balaban J connectivity index is 2.19. The number of benzene rings is 1. The molecule has 0 aliphatic heterocycles. The average Bonchev–Trinajstić information content (AvgIpc) is 2.40. The van der Waals surface area contributed by atoms with Crippen molar-refractivity contribution in [1.82, 2.24) is 4.98 Å². The minimum absolute atomic E-state index is 0.163. The molecule has 1 aromatic carbocycles. The summed E-state index contributed by atoms with van der Waals surface area (Å²) < 4.78 is 5.65. The summed E-state index contributed by atoms with van der Waals surface area (Å²) in [5.41, 5.74) is 18.3. The van der Waals surface area contributed by atoms with E-state index in [2.05, 4.69) is 4.98 Å². The highest BCUT2D eigenvalue weighted by Gasteiger charge is 2.08. The van der Waals surface area contributed by atoms with Crippen molar-refractivity contribution in [2.24, 2.45) is 0 Å². The first-order valence-corrected chi connectivity index (χ1v) is 7.37. The van der Waals surface area contributed by atoms with Crippen LogP contribution in [0.1, 0.15) is 5.56 Å². The lowest BCUT2D eigenvalue weighted by Gasteiger charge is -2.11. The van der Waals surface area contributed by atoms with Gasteiger partial charge in [-0.1, -0.05) is 11.6 Å². The van der Waals surface area contributed by atoms with E-state index in [-0.39, 0.29) is 17.3 Å². The summed E-state index contributed by atoms with van der Waals surface area (Å²) in [6, 6.07) is 7.28.